The molecule has 0 amide bonds. The SMILES string of the molecule is c1ccc(-c2ccc3c(c2)sc2c(-c4ccccc4)ccc(N(c4ccc5c(c4)c4ccccc4n5-c4ccccc4)c4cccc5c4oc4c(-c6ccccc6)cccc45)c23)cc1. The Morgan fingerprint density at radius 1 is 0.375 bits per heavy atom. The van der Waals surface area contributed by atoms with Crippen LogP contribution < -0.4 is 4.90 Å². The van der Waals surface area contributed by atoms with Gasteiger partial charge in [0.2, 0.25) is 0 Å². The van der Waals surface area contributed by atoms with Crippen molar-refractivity contribution in [3.05, 3.63) is 231 Å². The van der Waals surface area contributed by atoms with Crippen LogP contribution in [0.1, 0.15) is 0 Å². The first kappa shape index (κ1) is 36.5. The van der Waals surface area contributed by atoms with Crippen molar-refractivity contribution < 1.29 is 4.42 Å². The fraction of sp³-hybridized carbons (Fsp3) is 0. The number of aromatic nitrogens is 1. The van der Waals surface area contributed by atoms with Gasteiger partial charge in [0.05, 0.1) is 22.4 Å². The number of hydrogen-bond acceptors (Lipinski definition) is 3. The van der Waals surface area contributed by atoms with Crippen molar-refractivity contribution in [2.75, 3.05) is 4.90 Å². The second-order valence-corrected chi connectivity index (χ2v) is 17.5. The smallest absolute Gasteiger partial charge is 0.159 e. The van der Waals surface area contributed by atoms with Crippen molar-refractivity contribution in [1.82, 2.24) is 4.57 Å². The molecule has 0 aliphatic heterocycles. The molecular formula is C60H38N2OS. The first-order chi connectivity index (χ1) is 31.8. The van der Waals surface area contributed by atoms with E-state index in [1.807, 2.05) is 11.3 Å². The van der Waals surface area contributed by atoms with E-state index < -0.39 is 0 Å². The molecule has 64 heavy (non-hydrogen) atoms. The van der Waals surface area contributed by atoms with E-state index >= 15 is 0 Å². The van der Waals surface area contributed by atoms with Crippen molar-refractivity contribution in [2.24, 2.45) is 0 Å². The Kier molecular flexibility index (Phi) is 8.40. The monoisotopic (exact) mass is 834 g/mol. The molecule has 0 bridgehead atoms. The van der Waals surface area contributed by atoms with Crippen molar-refractivity contribution in [3.63, 3.8) is 0 Å². The van der Waals surface area contributed by atoms with Gasteiger partial charge >= 0.3 is 0 Å². The molecule has 10 aromatic carbocycles. The second-order valence-electron chi connectivity index (χ2n) is 16.4. The van der Waals surface area contributed by atoms with Crippen LogP contribution in [0.4, 0.5) is 17.1 Å². The predicted molar refractivity (Wildman–Crippen MR) is 272 cm³/mol. The topological polar surface area (TPSA) is 21.3 Å². The van der Waals surface area contributed by atoms with Gasteiger partial charge in [-0.05, 0) is 82.4 Å². The lowest BCUT2D eigenvalue weighted by Crippen LogP contribution is -2.11. The van der Waals surface area contributed by atoms with Crippen LogP contribution in [0.15, 0.2) is 235 Å². The number of furan rings is 1. The first-order valence-corrected chi connectivity index (χ1v) is 22.6. The number of para-hydroxylation sites is 4. The van der Waals surface area contributed by atoms with Gasteiger partial charge < -0.3 is 13.9 Å². The van der Waals surface area contributed by atoms with E-state index in [0.717, 1.165) is 61.3 Å². The summed E-state index contributed by atoms with van der Waals surface area (Å²) in [5.41, 5.74) is 15.4. The fourth-order valence-corrected chi connectivity index (χ4v) is 11.2. The molecule has 0 aliphatic rings. The molecule has 0 saturated carbocycles. The van der Waals surface area contributed by atoms with Crippen molar-refractivity contribution in [2.45, 2.75) is 0 Å². The third-order valence-electron chi connectivity index (χ3n) is 12.8. The third kappa shape index (κ3) is 5.73. The number of nitrogens with zero attached hydrogens (tertiary/aromatic N) is 2. The first-order valence-electron chi connectivity index (χ1n) is 21.8. The van der Waals surface area contributed by atoms with Gasteiger partial charge in [0.1, 0.15) is 5.58 Å². The van der Waals surface area contributed by atoms with E-state index in [0.29, 0.717) is 0 Å². The minimum absolute atomic E-state index is 0.846. The minimum atomic E-state index is 0.846. The zero-order valence-corrected chi connectivity index (χ0v) is 35.5. The van der Waals surface area contributed by atoms with Gasteiger partial charge in [-0.15, -0.1) is 11.3 Å². The lowest BCUT2D eigenvalue weighted by molar-refractivity contribution is 0.670. The van der Waals surface area contributed by atoms with E-state index in [2.05, 4.69) is 240 Å². The Morgan fingerprint density at radius 3 is 1.77 bits per heavy atom. The normalized spacial score (nSPS) is 11.8. The molecule has 300 valence electrons. The maximum absolute atomic E-state index is 7.21. The molecule has 0 atom stereocenters. The van der Waals surface area contributed by atoms with E-state index in [1.165, 1.54) is 58.7 Å². The van der Waals surface area contributed by atoms with E-state index in [-0.39, 0.29) is 0 Å². The highest BCUT2D eigenvalue weighted by molar-refractivity contribution is 7.26. The maximum atomic E-state index is 7.21. The molecule has 3 heterocycles. The molecule has 0 radical (unpaired) electrons. The number of benzene rings is 10. The molecule has 0 unspecified atom stereocenters. The second kappa shape index (κ2) is 14.7. The Hall–Kier alpha value is -8.18. The number of fused-ring (bicyclic) bond motifs is 9. The number of thiophene rings is 1. The van der Waals surface area contributed by atoms with Gasteiger partial charge in [-0.3, -0.25) is 0 Å². The number of rotatable bonds is 7. The predicted octanol–water partition coefficient (Wildman–Crippen LogP) is 17.5. The van der Waals surface area contributed by atoms with Gasteiger partial charge in [-0.1, -0.05) is 176 Å². The van der Waals surface area contributed by atoms with Crippen LogP contribution in [-0.4, -0.2) is 4.57 Å². The van der Waals surface area contributed by atoms with Crippen LogP contribution in [-0.2, 0) is 0 Å². The summed E-state index contributed by atoms with van der Waals surface area (Å²) in [6, 6.07) is 83.2. The summed E-state index contributed by atoms with van der Waals surface area (Å²) in [7, 11) is 0. The average Bonchev–Trinajstić information content (AvgIpc) is 4.05. The van der Waals surface area contributed by atoms with Gasteiger partial charge in [0.15, 0.2) is 5.58 Å². The summed E-state index contributed by atoms with van der Waals surface area (Å²) >= 11 is 1.87. The van der Waals surface area contributed by atoms with Crippen molar-refractivity contribution in [3.8, 4) is 39.1 Å². The van der Waals surface area contributed by atoms with Crippen LogP contribution in [0.3, 0.4) is 0 Å². The van der Waals surface area contributed by atoms with Crippen LogP contribution in [0.2, 0.25) is 0 Å². The van der Waals surface area contributed by atoms with Gasteiger partial charge in [0.25, 0.3) is 0 Å². The van der Waals surface area contributed by atoms with E-state index in [1.54, 1.807) is 0 Å². The van der Waals surface area contributed by atoms with Gasteiger partial charge in [0, 0.05) is 58.7 Å². The molecule has 4 heteroatoms. The Bertz CT molecular complexity index is 3890. The summed E-state index contributed by atoms with van der Waals surface area (Å²) in [6.07, 6.45) is 0. The summed E-state index contributed by atoms with van der Waals surface area (Å²) < 4.78 is 12.1. The van der Waals surface area contributed by atoms with Crippen molar-refractivity contribution in [1.29, 1.82) is 0 Å². The van der Waals surface area contributed by atoms with Crippen LogP contribution in [0.5, 0.6) is 0 Å². The summed E-state index contributed by atoms with van der Waals surface area (Å²) in [4.78, 5) is 2.45. The average molecular weight is 835 g/mol. The molecule has 0 N–H and O–H groups in total. The highest BCUT2D eigenvalue weighted by Gasteiger charge is 2.26. The summed E-state index contributed by atoms with van der Waals surface area (Å²) in [6.45, 7) is 0. The largest absolute Gasteiger partial charge is 0.453 e. The van der Waals surface area contributed by atoms with Gasteiger partial charge in [-0.2, -0.15) is 0 Å². The molecule has 0 fully saturated rings. The van der Waals surface area contributed by atoms with Crippen LogP contribution in [0.25, 0.3) is 103 Å². The standard InChI is InChI=1S/C60H38N2OS/c1-5-17-39(18-6-1)42-31-33-50-56(37-42)64-60-46(41-21-9-3-10-22-41)34-36-54(57(50)60)62(44-32-35-53-51(38-44)47-25-13-14-29-52(47)61(53)43-23-11-4-12-24-43)55-30-16-28-49-48-27-15-26-45(58(48)63-59(49)55)40-19-7-2-8-20-40/h1-38H. The summed E-state index contributed by atoms with van der Waals surface area (Å²) in [5.74, 6) is 0. The minimum Gasteiger partial charge on any atom is -0.453 e. The molecular weight excluding hydrogens is 797 g/mol. The van der Waals surface area contributed by atoms with E-state index in [9.17, 15) is 0 Å². The maximum Gasteiger partial charge on any atom is 0.159 e. The zero-order chi connectivity index (χ0) is 42.1. The fourth-order valence-electron chi connectivity index (χ4n) is 9.89. The Balaban J connectivity index is 1.13. The van der Waals surface area contributed by atoms with Crippen molar-refractivity contribution >= 4 is 92.3 Å². The van der Waals surface area contributed by atoms with Crippen LogP contribution >= 0.6 is 11.3 Å². The number of hydrogen-bond donors (Lipinski definition) is 0. The molecule has 0 aliphatic carbocycles. The third-order valence-corrected chi connectivity index (χ3v) is 14.0. The lowest BCUT2D eigenvalue weighted by Gasteiger charge is -2.27. The highest BCUT2D eigenvalue weighted by Crippen LogP contribution is 2.51. The molecule has 0 spiro atoms. The molecule has 3 nitrogen and oxygen atoms in total. The summed E-state index contributed by atoms with van der Waals surface area (Å²) in [5, 5.41) is 7.00. The Morgan fingerprint density at radius 2 is 1.00 bits per heavy atom. The molecule has 3 aromatic heterocycles. The number of anilines is 3. The lowest BCUT2D eigenvalue weighted by atomic mass is 9.98. The van der Waals surface area contributed by atoms with Gasteiger partial charge in [-0.25, -0.2) is 0 Å². The van der Waals surface area contributed by atoms with E-state index in [4.69, 9.17) is 4.42 Å². The Labute approximate surface area is 373 Å². The molecule has 13 rings (SSSR count). The zero-order valence-electron chi connectivity index (χ0n) is 34.7. The molecule has 0 saturated heterocycles. The highest BCUT2D eigenvalue weighted by atomic mass is 32.1. The molecule has 13 aromatic rings. The quantitative estimate of drug-likeness (QED) is 0.159. The van der Waals surface area contributed by atoms with Crippen LogP contribution in [0, 0.1) is 0 Å².